The van der Waals surface area contributed by atoms with Crippen molar-refractivity contribution in [1.82, 2.24) is 4.90 Å². The van der Waals surface area contributed by atoms with Crippen molar-refractivity contribution in [2.45, 2.75) is 6.92 Å². The number of hydrogen-bond acceptors (Lipinski definition) is 3. The average Bonchev–Trinajstić information content (AvgIpc) is 2.02. The summed E-state index contributed by atoms with van der Waals surface area (Å²) < 4.78 is 5.41. The second-order valence-corrected chi connectivity index (χ2v) is 3.52. The summed E-state index contributed by atoms with van der Waals surface area (Å²) in [6.07, 6.45) is 0. The Kier molecular flexibility index (Phi) is 6.02. The summed E-state index contributed by atoms with van der Waals surface area (Å²) in [6.45, 7) is 7.48. The first-order valence-corrected chi connectivity index (χ1v) is 4.51. The highest BCUT2D eigenvalue weighted by Gasteiger charge is 2.08. The van der Waals surface area contributed by atoms with Crippen LogP contribution in [0.15, 0.2) is 11.1 Å². The third kappa shape index (κ3) is 5.32. The molecular formula is C8H14BrNO2. The molecule has 4 heteroatoms. The van der Waals surface area contributed by atoms with E-state index < -0.39 is 0 Å². The maximum atomic E-state index is 10.9. The standard InChI is InChI=1S/C8H14BrNO2/c1-4-10(5-7(2)9)6-8(11)12-3/h2,4-6H2,1,3H3. The number of likely N-dealkylation sites (N-methyl/N-ethyl adjacent to an activating group) is 1. The summed E-state index contributed by atoms with van der Waals surface area (Å²) in [5.74, 6) is -0.217. The summed E-state index contributed by atoms with van der Waals surface area (Å²) >= 11 is 3.24. The lowest BCUT2D eigenvalue weighted by Crippen LogP contribution is -2.31. The third-order valence-corrected chi connectivity index (χ3v) is 1.67. The second-order valence-electron chi connectivity index (χ2n) is 2.40. The average molecular weight is 236 g/mol. The van der Waals surface area contributed by atoms with Crippen molar-refractivity contribution in [1.29, 1.82) is 0 Å². The summed E-state index contributed by atoms with van der Waals surface area (Å²) in [5.41, 5.74) is 0. The minimum absolute atomic E-state index is 0.217. The maximum Gasteiger partial charge on any atom is 0.319 e. The molecule has 0 unspecified atom stereocenters. The molecule has 0 radical (unpaired) electrons. The van der Waals surface area contributed by atoms with Crippen LogP contribution >= 0.6 is 15.9 Å². The van der Waals surface area contributed by atoms with Crippen molar-refractivity contribution in [3.05, 3.63) is 11.1 Å². The molecule has 0 fully saturated rings. The van der Waals surface area contributed by atoms with Crippen molar-refractivity contribution >= 4 is 21.9 Å². The quantitative estimate of drug-likeness (QED) is 0.675. The molecule has 3 nitrogen and oxygen atoms in total. The Balaban J connectivity index is 3.82. The molecule has 70 valence electrons. The zero-order valence-electron chi connectivity index (χ0n) is 7.47. The number of carbonyl (C=O) groups is 1. The molecule has 0 aromatic rings. The molecule has 0 bridgehead atoms. The van der Waals surface area contributed by atoms with Gasteiger partial charge in [-0.15, -0.1) is 0 Å². The van der Waals surface area contributed by atoms with Crippen LogP contribution in [-0.4, -0.2) is 37.6 Å². The molecule has 0 saturated heterocycles. The van der Waals surface area contributed by atoms with Gasteiger partial charge in [-0.3, -0.25) is 9.69 Å². The number of esters is 1. The Bertz CT molecular complexity index is 170. The molecule has 0 aliphatic rings. The number of halogens is 1. The second kappa shape index (κ2) is 6.20. The van der Waals surface area contributed by atoms with Crippen LogP contribution in [0.1, 0.15) is 6.92 Å². The fourth-order valence-corrected chi connectivity index (χ4v) is 1.12. The Morgan fingerprint density at radius 2 is 2.17 bits per heavy atom. The Hall–Kier alpha value is -0.350. The van der Waals surface area contributed by atoms with Crippen molar-refractivity contribution in [2.24, 2.45) is 0 Å². The van der Waals surface area contributed by atoms with E-state index in [9.17, 15) is 4.79 Å². The molecule has 0 rings (SSSR count). The molecule has 0 N–H and O–H groups in total. The molecule has 12 heavy (non-hydrogen) atoms. The van der Waals surface area contributed by atoms with Gasteiger partial charge in [-0.2, -0.15) is 0 Å². The number of methoxy groups -OCH3 is 1. The first-order valence-electron chi connectivity index (χ1n) is 3.72. The van der Waals surface area contributed by atoms with Crippen LogP contribution in [-0.2, 0) is 9.53 Å². The van der Waals surface area contributed by atoms with Crippen LogP contribution in [0.25, 0.3) is 0 Å². The van der Waals surface area contributed by atoms with E-state index in [1.54, 1.807) is 0 Å². The van der Waals surface area contributed by atoms with Gasteiger partial charge in [0.15, 0.2) is 0 Å². The highest BCUT2D eigenvalue weighted by atomic mass is 79.9. The summed E-state index contributed by atoms with van der Waals surface area (Å²) in [7, 11) is 1.39. The number of carbonyl (C=O) groups excluding carboxylic acids is 1. The SMILES string of the molecule is C=C(Br)CN(CC)CC(=O)OC. The largest absolute Gasteiger partial charge is 0.468 e. The molecule has 0 aromatic heterocycles. The van der Waals surface area contributed by atoms with Gasteiger partial charge >= 0.3 is 5.97 Å². The van der Waals surface area contributed by atoms with E-state index in [1.165, 1.54) is 7.11 Å². The lowest BCUT2D eigenvalue weighted by Gasteiger charge is -2.17. The van der Waals surface area contributed by atoms with Gasteiger partial charge in [0.2, 0.25) is 0 Å². The van der Waals surface area contributed by atoms with E-state index in [4.69, 9.17) is 0 Å². The van der Waals surface area contributed by atoms with Gasteiger partial charge in [0.05, 0.1) is 13.7 Å². The first-order chi connectivity index (χ1) is 5.60. The van der Waals surface area contributed by atoms with Crippen molar-refractivity contribution in [3.8, 4) is 0 Å². The number of nitrogens with zero attached hydrogens (tertiary/aromatic N) is 1. The zero-order chi connectivity index (χ0) is 9.56. The van der Waals surface area contributed by atoms with E-state index >= 15 is 0 Å². The van der Waals surface area contributed by atoms with Crippen LogP contribution in [0.4, 0.5) is 0 Å². The van der Waals surface area contributed by atoms with Crippen LogP contribution < -0.4 is 0 Å². The van der Waals surface area contributed by atoms with Gasteiger partial charge in [0.25, 0.3) is 0 Å². The fraction of sp³-hybridized carbons (Fsp3) is 0.625. The maximum absolute atomic E-state index is 10.9. The molecule has 0 aromatic carbocycles. The fourth-order valence-electron chi connectivity index (χ4n) is 0.769. The lowest BCUT2D eigenvalue weighted by molar-refractivity contribution is -0.141. The number of hydrogen-bond donors (Lipinski definition) is 0. The van der Waals surface area contributed by atoms with E-state index in [2.05, 4.69) is 27.2 Å². The van der Waals surface area contributed by atoms with Crippen molar-refractivity contribution in [2.75, 3.05) is 26.7 Å². The van der Waals surface area contributed by atoms with Gasteiger partial charge in [-0.25, -0.2) is 0 Å². The molecule has 0 heterocycles. The van der Waals surface area contributed by atoms with Crippen LogP contribution in [0.3, 0.4) is 0 Å². The minimum Gasteiger partial charge on any atom is -0.468 e. The summed E-state index contributed by atoms with van der Waals surface area (Å²) in [6, 6.07) is 0. The Morgan fingerprint density at radius 1 is 1.58 bits per heavy atom. The first kappa shape index (κ1) is 11.6. The monoisotopic (exact) mass is 235 g/mol. The van der Waals surface area contributed by atoms with E-state index in [0.29, 0.717) is 13.1 Å². The molecule has 0 aliphatic heterocycles. The van der Waals surface area contributed by atoms with E-state index in [1.807, 2.05) is 11.8 Å². The van der Waals surface area contributed by atoms with E-state index in [0.717, 1.165) is 11.0 Å². The van der Waals surface area contributed by atoms with Crippen LogP contribution in [0.2, 0.25) is 0 Å². The molecular weight excluding hydrogens is 222 g/mol. The molecule has 0 spiro atoms. The predicted molar refractivity (Wildman–Crippen MR) is 52.2 cm³/mol. The van der Waals surface area contributed by atoms with E-state index in [-0.39, 0.29) is 5.97 Å². The number of ether oxygens (including phenoxy) is 1. The summed E-state index contributed by atoms with van der Waals surface area (Å²) in [5, 5.41) is 0. The Labute approximate surface area is 81.5 Å². The van der Waals surface area contributed by atoms with Gasteiger partial charge in [0.1, 0.15) is 0 Å². The molecule has 0 aliphatic carbocycles. The van der Waals surface area contributed by atoms with Crippen molar-refractivity contribution in [3.63, 3.8) is 0 Å². The molecule has 0 amide bonds. The highest BCUT2D eigenvalue weighted by Crippen LogP contribution is 2.03. The molecule has 0 atom stereocenters. The number of rotatable bonds is 5. The normalized spacial score (nSPS) is 10.0. The lowest BCUT2D eigenvalue weighted by atomic mass is 10.4. The van der Waals surface area contributed by atoms with Gasteiger partial charge < -0.3 is 4.74 Å². The van der Waals surface area contributed by atoms with Crippen molar-refractivity contribution < 1.29 is 9.53 Å². The van der Waals surface area contributed by atoms with Gasteiger partial charge in [-0.05, 0) is 6.54 Å². The molecule has 0 saturated carbocycles. The minimum atomic E-state index is -0.217. The van der Waals surface area contributed by atoms with Gasteiger partial charge in [0, 0.05) is 11.0 Å². The van der Waals surface area contributed by atoms with Crippen LogP contribution in [0, 0.1) is 0 Å². The topological polar surface area (TPSA) is 29.5 Å². The highest BCUT2D eigenvalue weighted by molar-refractivity contribution is 9.11. The van der Waals surface area contributed by atoms with Gasteiger partial charge in [-0.1, -0.05) is 29.4 Å². The van der Waals surface area contributed by atoms with Crippen LogP contribution in [0.5, 0.6) is 0 Å². The third-order valence-electron chi connectivity index (χ3n) is 1.42. The smallest absolute Gasteiger partial charge is 0.319 e. The predicted octanol–water partition coefficient (Wildman–Crippen LogP) is 1.39. The summed E-state index contributed by atoms with van der Waals surface area (Å²) in [4.78, 5) is 12.8. The Morgan fingerprint density at radius 3 is 2.50 bits per heavy atom. The zero-order valence-corrected chi connectivity index (χ0v) is 9.06.